The first-order valence-electron chi connectivity index (χ1n) is 6.39. The Morgan fingerprint density at radius 2 is 2.13 bits per heavy atom. The van der Waals surface area contributed by atoms with Crippen molar-refractivity contribution in [2.45, 2.75) is 18.9 Å². The second-order valence-corrected chi connectivity index (χ2v) is 6.63. The maximum Gasteiger partial charge on any atom is 0.488 e. The summed E-state index contributed by atoms with van der Waals surface area (Å²) in [4.78, 5) is 27.3. The summed E-state index contributed by atoms with van der Waals surface area (Å²) < 4.78 is 39.8. The lowest BCUT2D eigenvalue weighted by atomic mass is 10.1. The van der Waals surface area contributed by atoms with Crippen LogP contribution in [-0.2, 0) is 20.1 Å². The van der Waals surface area contributed by atoms with Crippen LogP contribution in [0.4, 0.5) is 3.89 Å². The summed E-state index contributed by atoms with van der Waals surface area (Å²) in [6.07, 6.45) is 1.55. The zero-order chi connectivity index (χ0) is 16.8. The number of hydrogen-bond donors (Lipinski definition) is 1. The normalized spacial score (nSPS) is 19.0. The van der Waals surface area contributed by atoms with Crippen LogP contribution in [0, 0.1) is 0 Å². The van der Waals surface area contributed by atoms with Crippen molar-refractivity contribution in [3.05, 3.63) is 22.9 Å². The number of nitrogens with zero attached hydrogens (tertiary/aromatic N) is 2. The van der Waals surface area contributed by atoms with Gasteiger partial charge in [0, 0.05) is 11.8 Å². The minimum Gasteiger partial charge on any atom is -0.357 e. The molecule has 122 valence electrons. The average Bonchev–Trinajstić information content (AvgIpc) is 2.72. The van der Waals surface area contributed by atoms with Gasteiger partial charge in [0.2, 0.25) is 11.8 Å². The first-order chi connectivity index (χ1) is 10.7. The molecular formula is C12H9BrFN3O5S. The fourth-order valence-electron chi connectivity index (χ4n) is 2.45. The molecule has 1 aliphatic rings. The van der Waals surface area contributed by atoms with Crippen molar-refractivity contribution < 1.29 is 26.1 Å². The Labute approximate surface area is 138 Å². The number of nitrogens with one attached hydrogen (secondary N) is 1. The predicted molar refractivity (Wildman–Crippen MR) is 79.5 cm³/mol. The lowest BCUT2D eigenvalue weighted by molar-refractivity contribution is -0.135. The van der Waals surface area contributed by atoms with E-state index in [2.05, 4.69) is 30.4 Å². The number of carbonyl (C=O) groups excluding carboxylic acids is 2. The number of pyridine rings is 1. The minimum atomic E-state index is -5.14. The zero-order valence-electron chi connectivity index (χ0n) is 11.3. The molecule has 1 N–H and O–H groups in total. The van der Waals surface area contributed by atoms with Gasteiger partial charge in [0.25, 0.3) is 0 Å². The van der Waals surface area contributed by atoms with Crippen molar-refractivity contribution >= 4 is 49.3 Å². The van der Waals surface area contributed by atoms with Gasteiger partial charge in [0.05, 0.1) is 10.8 Å². The number of amides is 2. The number of carbonyl (C=O) groups is 2. The molecule has 3 rings (SSSR count). The van der Waals surface area contributed by atoms with Gasteiger partial charge in [-0.05, 0) is 34.5 Å². The molecular weight excluding hydrogens is 397 g/mol. The molecule has 1 fully saturated rings. The maximum atomic E-state index is 12.6. The molecule has 3 heterocycles. The Hall–Kier alpha value is -2.01. The van der Waals surface area contributed by atoms with E-state index in [-0.39, 0.29) is 18.1 Å². The SMILES string of the molecule is O=C1CCC(n2c(Br)cc3cc(OS(=O)(=O)F)cnc32)C(=O)N1. The Morgan fingerprint density at radius 3 is 2.78 bits per heavy atom. The van der Waals surface area contributed by atoms with Gasteiger partial charge in [-0.3, -0.25) is 14.9 Å². The van der Waals surface area contributed by atoms with E-state index < -0.39 is 22.5 Å². The number of hydrogen-bond acceptors (Lipinski definition) is 6. The molecule has 2 amide bonds. The quantitative estimate of drug-likeness (QED) is 0.610. The molecule has 0 aliphatic carbocycles. The summed E-state index contributed by atoms with van der Waals surface area (Å²) in [5, 5.41) is 2.70. The molecule has 0 radical (unpaired) electrons. The van der Waals surface area contributed by atoms with E-state index in [9.17, 15) is 21.9 Å². The number of halogens is 2. The van der Waals surface area contributed by atoms with Crippen LogP contribution >= 0.6 is 15.9 Å². The number of fused-ring (bicyclic) bond motifs is 1. The first-order valence-corrected chi connectivity index (χ1v) is 8.49. The monoisotopic (exact) mass is 405 g/mol. The van der Waals surface area contributed by atoms with E-state index in [4.69, 9.17) is 0 Å². The number of aromatic nitrogens is 2. The van der Waals surface area contributed by atoms with Gasteiger partial charge in [-0.2, -0.15) is 8.42 Å². The van der Waals surface area contributed by atoms with Crippen molar-refractivity contribution in [2.75, 3.05) is 0 Å². The Kier molecular flexibility index (Phi) is 3.84. The minimum absolute atomic E-state index is 0.198. The smallest absolute Gasteiger partial charge is 0.357 e. The van der Waals surface area contributed by atoms with Gasteiger partial charge >= 0.3 is 10.5 Å². The second kappa shape index (κ2) is 5.57. The van der Waals surface area contributed by atoms with Crippen LogP contribution in [0.3, 0.4) is 0 Å². The van der Waals surface area contributed by atoms with Crippen molar-refractivity contribution in [2.24, 2.45) is 0 Å². The maximum absolute atomic E-state index is 12.6. The third-order valence-corrected chi connectivity index (χ3v) is 4.32. The predicted octanol–water partition coefficient (Wildman–Crippen LogP) is 1.37. The van der Waals surface area contributed by atoms with E-state index in [0.717, 1.165) is 6.20 Å². The molecule has 0 saturated carbocycles. The van der Waals surface area contributed by atoms with Crippen LogP contribution < -0.4 is 9.50 Å². The van der Waals surface area contributed by atoms with Gasteiger partial charge in [0.1, 0.15) is 11.7 Å². The molecule has 1 saturated heterocycles. The highest BCUT2D eigenvalue weighted by Gasteiger charge is 2.30. The highest BCUT2D eigenvalue weighted by molar-refractivity contribution is 9.10. The molecule has 8 nitrogen and oxygen atoms in total. The van der Waals surface area contributed by atoms with E-state index in [0.29, 0.717) is 22.1 Å². The zero-order valence-corrected chi connectivity index (χ0v) is 13.7. The summed E-state index contributed by atoms with van der Waals surface area (Å²) in [6, 6.07) is 2.24. The summed E-state index contributed by atoms with van der Waals surface area (Å²) in [5.74, 6) is -1.07. The Balaban J connectivity index is 2.03. The van der Waals surface area contributed by atoms with Crippen molar-refractivity contribution in [3.63, 3.8) is 0 Å². The van der Waals surface area contributed by atoms with Crippen LogP contribution in [0.1, 0.15) is 18.9 Å². The molecule has 0 spiro atoms. The third kappa shape index (κ3) is 3.20. The number of piperidine rings is 1. The summed E-state index contributed by atoms with van der Waals surface area (Å²) >= 11 is 3.30. The summed E-state index contributed by atoms with van der Waals surface area (Å²) in [7, 11) is -5.14. The van der Waals surface area contributed by atoms with Crippen molar-refractivity contribution in [1.82, 2.24) is 14.9 Å². The molecule has 0 aromatic carbocycles. The molecule has 23 heavy (non-hydrogen) atoms. The molecule has 0 bridgehead atoms. The van der Waals surface area contributed by atoms with Crippen LogP contribution in [-0.4, -0.2) is 29.8 Å². The second-order valence-electron chi connectivity index (χ2n) is 4.86. The molecule has 1 aliphatic heterocycles. The lowest BCUT2D eigenvalue weighted by Gasteiger charge is -2.23. The molecule has 1 atom stereocenters. The van der Waals surface area contributed by atoms with Crippen molar-refractivity contribution in [3.8, 4) is 5.75 Å². The highest BCUT2D eigenvalue weighted by Crippen LogP contribution is 2.32. The molecule has 2 aromatic heterocycles. The molecule has 2 aromatic rings. The van der Waals surface area contributed by atoms with E-state index in [1.54, 1.807) is 10.6 Å². The van der Waals surface area contributed by atoms with Crippen molar-refractivity contribution in [1.29, 1.82) is 0 Å². The first kappa shape index (κ1) is 15.9. The van der Waals surface area contributed by atoms with E-state index in [1.807, 2.05) is 0 Å². The number of imide groups is 1. The van der Waals surface area contributed by atoms with Crippen LogP contribution in [0.25, 0.3) is 11.0 Å². The van der Waals surface area contributed by atoms with Gasteiger partial charge in [-0.15, -0.1) is 0 Å². The summed E-state index contributed by atoms with van der Waals surface area (Å²) in [6.45, 7) is 0. The standard InChI is InChI=1S/C12H9BrFN3O5S/c13-9-4-6-3-7(22-23(14,20)21)5-15-11(6)17(9)8-1-2-10(18)16-12(8)19/h3-5,8H,1-2H2,(H,16,18,19). The lowest BCUT2D eigenvalue weighted by Crippen LogP contribution is -2.41. The molecule has 1 unspecified atom stereocenters. The topological polar surface area (TPSA) is 107 Å². The van der Waals surface area contributed by atoms with Crippen LogP contribution in [0.2, 0.25) is 0 Å². The Bertz CT molecular complexity index is 926. The van der Waals surface area contributed by atoms with Crippen LogP contribution in [0.5, 0.6) is 5.75 Å². The van der Waals surface area contributed by atoms with Gasteiger partial charge in [-0.1, -0.05) is 3.89 Å². The van der Waals surface area contributed by atoms with Gasteiger partial charge in [0.15, 0.2) is 5.75 Å². The van der Waals surface area contributed by atoms with Gasteiger partial charge < -0.3 is 8.75 Å². The fourth-order valence-corrected chi connectivity index (χ4v) is 3.43. The van der Waals surface area contributed by atoms with Gasteiger partial charge in [-0.25, -0.2) is 4.98 Å². The molecule has 11 heteroatoms. The fraction of sp³-hybridized carbons (Fsp3) is 0.250. The largest absolute Gasteiger partial charge is 0.488 e. The Morgan fingerprint density at radius 1 is 1.39 bits per heavy atom. The van der Waals surface area contributed by atoms with E-state index in [1.165, 1.54) is 6.07 Å². The van der Waals surface area contributed by atoms with Crippen LogP contribution in [0.15, 0.2) is 22.9 Å². The van der Waals surface area contributed by atoms with E-state index >= 15 is 0 Å². The average molecular weight is 406 g/mol. The number of rotatable bonds is 3. The highest BCUT2D eigenvalue weighted by atomic mass is 79.9. The third-order valence-electron chi connectivity index (χ3n) is 3.32. The summed E-state index contributed by atoms with van der Waals surface area (Å²) in [5.41, 5.74) is 0.370.